The van der Waals surface area contributed by atoms with Crippen molar-refractivity contribution in [1.29, 1.82) is 0 Å². The van der Waals surface area contributed by atoms with Crippen LogP contribution in [0.3, 0.4) is 0 Å². The lowest BCUT2D eigenvalue weighted by atomic mass is 9.75. The van der Waals surface area contributed by atoms with Crippen LogP contribution in [-0.2, 0) is 15.1 Å². The fourth-order valence-corrected chi connectivity index (χ4v) is 8.10. The van der Waals surface area contributed by atoms with Gasteiger partial charge in [0.25, 0.3) is 0 Å². The Bertz CT molecular complexity index is 933. The number of carbonyl (C=O) groups is 2. The molecule has 0 spiro atoms. The van der Waals surface area contributed by atoms with Crippen LogP contribution in [0.2, 0.25) is 25.2 Å². The van der Waals surface area contributed by atoms with Crippen molar-refractivity contribution >= 4 is 19.8 Å². The summed E-state index contributed by atoms with van der Waals surface area (Å²) in [7, 11) is -1.69. The average Bonchev–Trinajstić information content (AvgIpc) is 3.01. The molecule has 30 heavy (non-hydrogen) atoms. The van der Waals surface area contributed by atoms with Gasteiger partial charge in [0, 0.05) is 32.8 Å². The third-order valence-electron chi connectivity index (χ3n) is 7.35. The molecular weight excluding hydrogens is 386 g/mol. The molecule has 0 unspecified atom stereocenters. The largest absolute Gasteiger partial charge is 0.326 e. The summed E-state index contributed by atoms with van der Waals surface area (Å²) in [4.78, 5) is 29.1. The second-order valence-corrected chi connectivity index (χ2v) is 16.1. The van der Waals surface area contributed by atoms with Gasteiger partial charge in [-0.25, -0.2) is 0 Å². The van der Waals surface area contributed by atoms with E-state index in [9.17, 15) is 9.59 Å². The van der Waals surface area contributed by atoms with Gasteiger partial charge in [0.15, 0.2) is 0 Å². The lowest BCUT2D eigenvalue weighted by molar-refractivity contribution is -0.138. The third-order valence-corrected chi connectivity index (χ3v) is 10.1. The lowest BCUT2D eigenvalue weighted by Crippen LogP contribution is -2.46. The first kappa shape index (κ1) is 21.0. The minimum atomic E-state index is -1.69. The van der Waals surface area contributed by atoms with E-state index < -0.39 is 13.6 Å². The molecule has 1 amide bonds. The molecule has 4 atom stereocenters. The van der Waals surface area contributed by atoms with E-state index in [2.05, 4.69) is 62.7 Å². The highest BCUT2D eigenvalue weighted by molar-refractivity contribution is 6.78. The second-order valence-electron chi connectivity index (χ2n) is 10.6. The van der Waals surface area contributed by atoms with Crippen LogP contribution in [0.4, 0.5) is 0 Å². The number of likely N-dealkylation sites (tertiary alicyclic amines) is 1. The maximum Gasteiger partial charge on any atom is 0.227 e. The Morgan fingerprint density at radius 1 is 0.867 bits per heavy atom. The molecule has 0 aromatic heterocycles. The molecule has 2 aromatic rings. The maximum absolute atomic E-state index is 14.1. The smallest absolute Gasteiger partial charge is 0.227 e. The molecular formula is C26H33NO2Si. The molecule has 2 aromatic carbocycles. The number of Topliss-reactive ketones (excluding diaryl/α,β-unsaturated/α-hetero) is 1. The zero-order valence-corrected chi connectivity index (χ0v) is 19.8. The number of fused-ring (bicyclic) bond motifs is 1. The number of hydrogen-bond acceptors (Lipinski definition) is 2. The first-order chi connectivity index (χ1) is 14.1. The first-order valence-corrected chi connectivity index (χ1v) is 14.7. The number of hydrogen-bond donors (Lipinski definition) is 0. The number of carbonyl (C=O) groups excluding carboxylic acids is 2. The molecule has 158 valence electrons. The Morgan fingerprint density at radius 3 is 2.00 bits per heavy atom. The van der Waals surface area contributed by atoms with Gasteiger partial charge in [-0.2, -0.15) is 0 Å². The summed E-state index contributed by atoms with van der Waals surface area (Å²) in [6, 6.07) is 20.6. The van der Waals surface area contributed by atoms with Gasteiger partial charge in [0.05, 0.1) is 11.6 Å². The van der Waals surface area contributed by atoms with Crippen molar-refractivity contribution in [1.82, 2.24) is 4.90 Å². The molecule has 3 nitrogen and oxygen atoms in total. The van der Waals surface area contributed by atoms with E-state index in [0.717, 1.165) is 11.1 Å². The van der Waals surface area contributed by atoms with Crippen molar-refractivity contribution in [2.24, 2.45) is 11.8 Å². The first-order valence-electron chi connectivity index (χ1n) is 11.1. The lowest BCUT2D eigenvalue weighted by Gasteiger charge is -2.42. The van der Waals surface area contributed by atoms with Crippen molar-refractivity contribution in [2.75, 3.05) is 0 Å². The van der Waals surface area contributed by atoms with E-state index in [1.165, 1.54) is 0 Å². The highest BCUT2D eigenvalue weighted by Crippen LogP contribution is 2.57. The van der Waals surface area contributed by atoms with Crippen LogP contribution >= 0.6 is 0 Å². The molecule has 2 fully saturated rings. The summed E-state index contributed by atoms with van der Waals surface area (Å²) >= 11 is 0. The quantitative estimate of drug-likeness (QED) is 0.587. The maximum atomic E-state index is 14.1. The summed E-state index contributed by atoms with van der Waals surface area (Å²) in [6.45, 7) is 11.2. The highest BCUT2D eigenvalue weighted by Gasteiger charge is 2.59. The van der Waals surface area contributed by atoms with Crippen molar-refractivity contribution in [3.05, 3.63) is 71.8 Å². The molecule has 1 aliphatic heterocycles. The normalized spacial score (nSPS) is 27.3. The van der Waals surface area contributed by atoms with Gasteiger partial charge >= 0.3 is 0 Å². The van der Waals surface area contributed by atoms with E-state index in [1.807, 2.05) is 36.4 Å². The van der Waals surface area contributed by atoms with Gasteiger partial charge in [-0.05, 0) is 30.5 Å². The summed E-state index contributed by atoms with van der Waals surface area (Å²) in [5.74, 6) is 0.572. The Hall–Kier alpha value is -2.20. The number of rotatable bonds is 4. The van der Waals surface area contributed by atoms with Crippen LogP contribution in [0.25, 0.3) is 0 Å². The molecule has 1 heterocycles. The summed E-state index contributed by atoms with van der Waals surface area (Å²) in [5.41, 5.74) is 2.03. The van der Waals surface area contributed by atoms with Gasteiger partial charge in [-0.3, -0.25) is 9.59 Å². The third kappa shape index (κ3) is 3.45. The second kappa shape index (κ2) is 7.49. The van der Waals surface area contributed by atoms with Gasteiger partial charge in [0.1, 0.15) is 5.78 Å². The molecule has 0 radical (unpaired) electrons. The zero-order chi connectivity index (χ0) is 21.7. The molecule has 0 bridgehead atoms. The SMILES string of the molecule is CC(C)(c1ccccc1)N1C(=O)[C@H]2[C@H](CC(=O)C[C@@H]2[Si](C)(C)C)[C@H]1c1ccccc1. The van der Waals surface area contributed by atoms with Crippen molar-refractivity contribution in [3.8, 4) is 0 Å². The molecule has 2 aliphatic rings. The van der Waals surface area contributed by atoms with Crippen LogP contribution < -0.4 is 0 Å². The zero-order valence-electron chi connectivity index (χ0n) is 18.8. The van der Waals surface area contributed by atoms with E-state index in [1.54, 1.807) is 0 Å². The van der Waals surface area contributed by atoms with Crippen LogP contribution in [0.15, 0.2) is 60.7 Å². The van der Waals surface area contributed by atoms with Gasteiger partial charge in [-0.15, -0.1) is 0 Å². The Labute approximate surface area is 181 Å². The number of amides is 1. The fourth-order valence-electron chi connectivity index (χ4n) is 5.80. The minimum absolute atomic E-state index is 0.0532. The number of ketones is 1. The van der Waals surface area contributed by atoms with Gasteiger partial charge < -0.3 is 4.90 Å². The van der Waals surface area contributed by atoms with E-state index in [4.69, 9.17) is 0 Å². The van der Waals surface area contributed by atoms with Gasteiger partial charge in [-0.1, -0.05) is 80.3 Å². The van der Waals surface area contributed by atoms with Crippen LogP contribution in [-0.4, -0.2) is 24.7 Å². The monoisotopic (exact) mass is 419 g/mol. The minimum Gasteiger partial charge on any atom is -0.326 e. The molecule has 1 saturated carbocycles. The van der Waals surface area contributed by atoms with E-state index in [-0.39, 0.29) is 29.3 Å². The predicted molar refractivity (Wildman–Crippen MR) is 124 cm³/mol. The molecule has 1 saturated heterocycles. The molecule has 4 heteroatoms. The predicted octanol–water partition coefficient (Wildman–Crippen LogP) is 5.81. The van der Waals surface area contributed by atoms with Crippen LogP contribution in [0, 0.1) is 11.8 Å². The summed E-state index contributed by atoms with van der Waals surface area (Å²) in [5, 5.41) is 0. The molecule has 4 rings (SSSR count). The number of nitrogens with zero attached hydrogens (tertiary/aromatic N) is 1. The van der Waals surface area contributed by atoms with E-state index >= 15 is 0 Å². The van der Waals surface area contributed by atoms with E-state index in [0.29, 0.717) is 18.6 Å². The topological polar surface area (TPSA) is 37.4 Å². The van der Waals surface area contributed by atoms with Crippen LogP contribution in [0.5, 0.6) is 0 Å². The van der Waals surface area contributed by atoms with Crippen LogP contribution in [0.1, 0.15) is 43.9 Å². The van der Waals surface area contributed by atoms with Crippen molar-refractivity contribution < 1.29 is 9.59 Å². The van der Waals surface area contributed by atoms with Crippen molar-refractivity contribution in [3.63, 3.8) is 0 Å². The Kier molecular flexibility index (Phi) is 5.25. The average molecular weight is 420 g/mol. The number of benzene rings is 2. The molecule has 1 aliphatic carbocycles. The molecule has 0 N–H and O–H groups in total. The Balaban J connectivity index is 1.88. The standard InChI is InChI=1S/C26H33NO2Si/c1-26(2,19-14-10-7-11-15-19)27-24(18-12-8-6-9-13-18)21-16-20(28)17-22(30(3,4)5)23(21)25(27)29/h6-15,21-24H,16-17H2,1-5H3/t21-,22-,23-,24+/m0/s1. The summed E-state index contributed by atoms with van der Waals surface area (Å²) in [6.07, 6.45) is 1.09. The summed E-state index contributed by atoms with van der Waals surface area (Å²) < 4.78 is 0. The highest BCUT2D eigenvalue weighted by atomic mass is 28.3. The van der Waals surface area contributed by atoms with Gasteiger partial charge in [0.2, 0.25) is 5.91 Å². The Morgan fingerprint density at radius 2 is 1.43 bits per heavy atom. The fraction of sp³-hybridized carbons (Fsp3) is 0.462. The van der Waals surface area contributed by atoms with Crippen molar-refractivity contribution in [2.45, 2.75) is 63.5 Å².